The lowest BCUT2D eigenvalue weighted by Gasteiger charge is -2.13. The third-order valence-electron chi connectivity index (χ3n) is 4.21. The smallest absolute Gasteiger partial charge is 0.141 e. The molecule has 0 unspecified atom stereocenters. The largest absolute Gasteiger partial charge is 0.396 e. The molecule has 0 bridgehead atoms. The molecule has 5 heteroatoms. The van der Waals surface area contributed by atoms with Gasteiger partial charge in [-0.2, -0.15) is 0 Å². The van der Waals surface area contributed by atoms with Gasteiger partial charge in [-0.25, -0.2) is 4.39 Å². The van der Waals surface area contributed by atoms with E-state index in [0.29, 0.717) is 10.7 Å². The maximum atomic E-state index is 13.7. The molecule has 0 radical (unpaired) electrons. The lowest BCUT2D eigenvalue weighted by atomic mass is 9.91. The van der Waals surface area contributed by atoms with E-state index in [9.17, 15) is 4.39 Å². The van der Waals surface area contributed by atoms with Crippen LogP contribution >= 0.6 is 22.9 Å². The van der Waals surface area contributed by atoms with Crippen LogP contribution in [0.3, 0.4) is 0 Å². The van der Waals surface area contributed by atoms with Crippen molar-refractivity contribution in [2.75, 3.05) is 11.5 Å². The molecule has 0 spiro atoms. The van der Waals surface area contributed by atoms with E-state index in [-0.39, 0.29) is 5.02 Å². The Morgan fingerprint density at radius 3 is 2.36 bits per heavy atom. The fraction of sp³-hybridized carbons (Fsp3) is 0. The van der Waals surface area contributed by atoms with Gasteiger partial charge in [0, 0.05) is 15.6 Å². The molecule has 4 rings (SSSR count). The lowest BCUT2D eigenvalue weighted by Crippen LogP contribution is -1.92. The Bertz CT molecular complexity index is 1090. The highest BCUT2D eigenvalue weighted by Crippen LogP contribution is 2.46. The van der Waals surface area contributed by atoms with Gasteiger partial charge in [-0.1, -0.05) is 54.1 Å². The van der Waals surface area contributed by atoms with E-state index >= 15 is 0 Å². The second-order valence-electron chi connectivity index (χ2n) is 5.74. The molecule has 4 aromatic rings. The average molecular weight is 369 g/mol. The SMILES string of the molecule is Nc1sc2ccc(-c3ccccc3)c(-c3ccc(F)c(Cl)c3)c2c1N. The summed E-state index contributed by atoms with van der Waals surface area (Å²) in [7, 11) is 0. The summed E-state index contributed by atoms with van der Waals surface area (Å²) in [5.41, 5.74) is 16.6. The number of fused-ring (bicyclic) bond motifs is 1. The fourth-order valence-electron chi connectivity index (χ4n) is 3.04. The average Bonchev–Trinajstić information content (AvgIpc) is 2.92. The fourth-order valence-corrected chi connectivity index (χ4v) is 4.12. The van der Waals surface area contributed by atoms with Crippen LogP contribution in [0.2, 0.25) is 5.02 Å². The van der Waals surface area contributed by atoms with Crippen molar-refractivity contribution in [1.29, 1.82) is 0 Å². The summed E-state index contributed by atoms with van der Waals surface area (Å²) in [5.74, 6) is -0.448. The van der Waals surface area contributed by atoms with E-state index in [1.54, 1.807) is 12.1 Å². The summed E-state index contributed by atoms with van der Waals surface area (Å²) in [6.07, 6.45) is 0. The van der Waals surface area contributed by atoms with E-state index in [2.05, 4.69) is 0 Å². The highest BCUT2D eigenvalue weighted by molar-refractivity contribution is 7.23. The van der Waals surface area contributed by atoms with Crippen LogP contribution in [0.4, 0.5) is 15.1 Å². The molecule has 0 aliphatic carbocycles. The Balaban J connectivity index is 2.12. The minimum atomic E-state index is -0.448. The van der Waals surface area contributed by atoms with Gasteiger partial charge in [0.25, 0.3) is 0 Å². The molecule has 1 aromatic heterocycles. The molecule has 2 nitrogen and oxygen atoms in total. The van der Waals surface area contributed by atoms with E-state index in [1.165, 1.54) is 17.4 Å². The van der Waals surface area contributed by atoms with E-state index in [1.807, 2.05) is 42.5 Å². The van der Waals surface area contributed by atoms with Crippen molar-refractivity contribution in [2.45, 2.75) is 0 Å². The summed E-state index contributed by atoms with van der Waals surface area (Å²) >= 11 is 7.47. The first-order valence-corrected chi connectivity index (χ1v) is 8.87. The third-order valence-corrected chi connectivity index (χ3v) is 5.50. The summed E-state index contributed by atoms with van der Waals surface area (Å²) in [5, 5.41) is 1.54. The minimum absolute atomic E-state index is 0.0790. The molecule has 0 atom stereocenters. The van der Waals surface area contributed by atoms with Gasteiger partial charge >= 0.3 is 0 Å². The number of hydrogen-bond donors (Lipinski definition) is 2. The number of nitrogens with two attached hydrogens (primary N) is 2. The number of hydrogen-bond acceptors (Lipinski definition) is 3. The third kappa shape index (κ3) is 2.64. The van der Waals surface area contributed by atoms with Crippen LogP contribution in [-0.4, -0.2) is 0 Å². The van der Waals surface area contributed by atoms with Gasteiger partial charge in [0.1, 0.15) is 10.8 Å². The van der Waals surface area contributed by atoms with Gasteiger partial charge in [-0.05, 0) is 34.9 Å². The van der Waals surface area contributed by atoms with Crippen molar-refractivity contribution in [3.8, 4) is 22.3 Å². The highest BCUT2D eigenvalue weighted by atomic mass is 35.5. The van der Waals surface area contributed by atoms with E-state index < -0.39 is 5.82 Å². The maximum absolute atomic E-state index is 13.7. The van der Waals surface area contributed by atoms with Gasteiger partial charge in [0.2, 0.25) is 0 Å². The Hall–Kier alpha value is -2.56. The van der Waals surface area contributed by atoms with Crippen molar-refractivity contribution in [3.05, 3.63) is 71.5 Å². The van der Waals surface area contributed by atoms with Gasteiger partial charge in [0.05, 0.1) is 10.7 Å². The number of anilines is 2. The second kappa shape index (κ2) is 6.06. The molecule has 1 heterocycles. The monoisotopic (exact) mass is 368 g/mol. The number of nitrogen functional groups attached to an aromatic ring is 2. The maximum Gasteiger partial charge on any atom is 0.141 e. The molecule has 0 saturated carbocycles. The number of benzene rings is 3. The van der Waals surface area contributed by atoms with Crippen LogP contribution in [0.25, 0.3) is 32.3 Å². The van der Waals surface area contributed by atoms with Crippen LogP contribution < -0.4 is 11.5 Å². The molecule has 0 fully saturated rings. The van der Waals surface area contributed by atoms with Crippen LogP contribution in [0.15, 0.2) is 60.7 Å². The number of rotatable bonds is 2. The standard InChI is InChI=1S/C20H14ClFN2S/c21-14-10-12(6-8-15(14)22)17-13(11-4-2-1-3-5-11)7-9-16-18(17)19(23)20(24)25-16/h1-10H,23-24H2. The first kappa shape index (κ1) is 15.9. The zero-order valence-corrected chi connectivity index (χ0v) is 14.7. The van der Waals surface area contributed by atoms with Crippen LogP contribution in [0.5, 0.6) is 0 Å². The lowest BCUT2D eigenvalue weighted by molar-refractivity contribution is 0.628. The first-order valence-electron chi connectivity index (χ1n) is 7.67. The van der Waals surface area contributed by atoms with Crippen LogP contribution in [0.1, 0.15) is 0 Å². The molecular formula is C20H14ClFN2S. The molecule has 0 amide bonds. The Kier molecular flexibility index (Phi) is 3.86. The molecule has 0 aliphatic heterocycles. The van der Waals surface area contributed by atoms with Crippen LogP contribution in [0, 0.1) is 5.82 Å². The normalized spacial score (nSPS) is 11.1. The van der Waals surface area contributed by atoms with Crippen molar-refractivity contribution in [3.63, 3.8) is 0 Å². The Morgan fingerprint density at radius 1 is 0.880 bits per heavy atom. The van der Waals surface area contributed by atoms with Gasteiger partial charge in [-0.3, -0.25) is 0 Å². The van der Waals surface area contributed by atoms with Crippen molar-refractivity contribution in [2.24, 2.45) is 0 Å². The van der Waals surface area contributed by atoms with Crippen molar-refractivity contribution in [1.82, 2.24) is 0 Å². The topological polar surface area (TPSA) is 52.0 Å². The first-order chi connectivity index (χ1) is 12.1. The zero-order valence-electron chi connectivity index (χ0n) is 13.1. The Labute approximate surface area is 153 Å². The predicted octanol–water partition coefficient (Wildman–Crippen LogP) is 6.19. The van der Waals surface area contributed by atoms with Gasteiger partial charge in [-0.15, -0.1) is 11.3 Å². The van der Waals surface area contributed by atoms with E-state index in [4.69, 9.17) is 23.1 Å². The summed E-state index contributed by atoms with van der Waals surface area (Å²) in [4.78, 5) is 0. The van der Waals surface area contributed by atoms with Gasteiger partial charge in [0.15, 0.2) is 0 Å². The molecule has 25 heavy (non-hydrogen) atoms. The van der Waals surface area contributed by atoms with Crippen LogP contribution in [-0.2, 0) is 0 Å². The molecule has 4 N–H and O–H groups in total. The van der Waals surface area contributed by atoms with Crippen molar-refractivity contribution < 1.29 is 4.39 Å². The molecule has 124 valence electrons. The summed E-state index contributed by atoms with van der Waals surface area (Å²) < 4.78 is 14.7. The predicted molar refractivity (Wildman–Crippen MR) is 106 cm³/mol. The second-order valence-corrected chi connectivity index (χ2v) is 7.23. The van der Waals surface area contributed by atoms with E-state index in [0.717, 1.165) is 32.3 Å². The number of halogens is 2. The summed E-state index contributed by atoms with van der Waals surface area (Å²) in [6.45, 7) is 0. The minimum Gasteiger partial charge on any atom is -0.396 e. The zero-order chi connectivity index (χ0) is 17.6. The molecular weight excluding hydrogens is 355 g/mol. The van der Waals surface area contributed by atoms with Gasteiger partial charge < -0.3 is 11.5 Å². The molecule has 0 saturated heterocycles. The molecule has 3 aromatic carbocycles. The quantitative estimate of drug-likeness (QED) is 0.443. The molecule has 0 aliphatic rings. The Morgan fingerprint density at radius 2 is 1.64 bits per heavy atom. The summed E-state index contributed by atoms with van der Waals surface area (Å²) in [6, 6.07) is 18.8. The number of thiophene rings is 1. The highest BCUT2D eigenvalue weighted by Gasteiger charge is 2.18. The van der Waals surface area contributed by atoms with Crippen molar-refractivity contribution >= 4 is 43.7 Å².